The third-order valence-corrected chi connectivity index (χ3v) is 2.73. The summed E-state index contributed by atoms with van der Waals surface area (Å²) in [6.45, 7) is 3.66. The molecule has 0 aliphatic rings. The molecule has 0 aliphatic heterocycles. The van der Waals surface area contributed by atoms with E-state index in [1.165, 1.54) is 5.56 Å². The molecule has 0 saturated heterocycles. The fraction of sp³-hybridized carbons (Fsp3) is 0.417. The lowest BCUT2D eigenvalue weighted by molar-refractivity contribution is -0.122. The van der Waals surface area contributed by atoms with Crippen molar-refractivity contribution in [2.75, 3.05) is 0 Å². The minimum atomic E-state index is -0.454. The molecule has 3 N–H and O–H groups in total. The standard InChI is InChI=1S/C12H17BrN2O.ClH/c1-8(15-12(16)9(2)14)6-10-4-3-5-11(13)7-10;/h3-5,7-9H,6,14H2,1-2H3,(H,15,16);1H/t8?,9-;/m1./s1. The number of benzene rings is 1. The summed E-state index contributed by atoms with van der Waals surface area (Å²) in [5.74, 6) is -0.109. The number of hydrogen-bond acceptors (Lipinski definition) is 2. The van der Waals surface area contributed by atoms with Crippen LogP contribution >= 0.6 is 28.3 Å². The van der Waals surface area contributed by atoms with Gasteiger partial charge in [-0.3, -0.25) is 4.79 Å². The molecule has 17 heavy (non-hydrogen) atoms. The van der Waals surface area contributed by atoms with E-state index in [0.29, 0.717) is 0 Å². The number of carbonyl (C=O) groups is 1. The summed E-state index contributed by atoms with van der Waals surface area (Å²) in [7, 11) is 0. The summed E-state index contributed by atoms with van der Waals surface area (Å²) in [4.78, 5) is 11.4. The van der Waals surface area contributed by atoms with Gasteiger partial charge in [-0.2, -0.15) is 0 Å². The molecular formula is C12H18BrClN2O. The van der Waals surface area contributed by atoms with Gasteiger partial charge in [-0.15, -0.1) is 12.4 Å². The highest BCUT2D eigenvalue weighted by Crippen LogP contribution is 2.13. The number of amides is 1. The highest BCUT2D eigenvalue weighted by molar-refractivity contribution is 9.10. The number of rotatable bonds is 4. The predicted octanol–water partition coefficient (Wildman–Crippen LogP) is 2.27. The molecule has 1 aromatic carbocycles. The van der Waals surface area contributed by atoms with Gasteiger partial charge in [0.1, 0.15) is 0 Å². The van der Waals surface area contributed by atoms with Crippen LogP contribution in [0.2, 0.25) is 0 Å². The van der Waals surface area contributed by atoms with Crippen molar-refractivity contribution in [3.05, 3.63) is 34.3 Å². The van der Waals surface area contributed by atoms with Crippen LogP contribution in [-0.2, 0) is 11.2 Å². The molecule has 1 amide bonds. The maximum atomic E-state index is 11.4. The van der Waals surface area contributed by atoms with E-state index in [4.69, 9.17) is 5.73 Å². The van der Waals surface area contributed by atoms with Crippen molar-refractivity contribution in [1.29, 1.82) is 0 Å². The first-order valence-electron chi connectivity index (χ1n) is 5.29. The summed E-state index contributed by atoms with van der Waals surface area (Å²) in [5.41, 5.74) is 6.67. The monoisotopic (exact) mass is 320 g/mol. The summed E-state index contributed by atoms with van der Waals surface area (Å²) < 4.78 is 1.05. The van der Waals surface area contributed by atoms with Crippen molar-refractivity contribution in [1.82, 2.24) is 5.32 Å². The van der Waals surface area contributed by atoms with Crippen LogP contribution in [0, 0.1) is 0 Å². The first-order chi connectivity index (χ1) is 7.49. The molecule has 0 aliphatic carbocycles. The van der Waals surface area contributed by atoms with E-state index in [-0.39, 0.29) is 24.4 Å². The van der Waals surface area contributed by atoms with Gasteiger partial charge in [0.2, 0.25) is 5.91 Å². The molecule has 0 fully saturated rings. The minimum Gasteiger partial charge on any atom is -0.352 e. The van der Waals surface area contributed by atoms with Crippen molar-refractivity contribution in [2.45, 2.75) is 32.4 Å². The Bertz CT molecular complexity index is 371. The average Bonchev–Trinajstić information content (AvgIpc) is 2.16. The van der Waals surface area contributed by atoms with E-state index in [2.05, 4.69) is 27.3 Å². The molecule has 3 nitrogen and oxygen atoms in total. The summed E-state index contributed by atoms with van der Waals surface area (Å²) in [6.07, 6.45) is 0.803. The average molecular weight is 322 g/mol. The molecule has 0 aromatic heterocycles. The number of nitrogens with one attached hydrogen (secondary N) is 1. The molecule has 0 spiro atoms. The summed E-state index contributed by atoms with van der Waals surface area (Å²) in [6, 6.07) is 7.69. The van der Waals surface area contributed by atoms with Gasteiger partial charge in [0.15, 0.2) is 0 Å². The molecule has 5 heteroatoms. The third-order valence-electron chi connectivity index (χ3n) is 2.23. The lowest BCUT2D eigenvalue weighted by atomic mass is 10.1. The van der Waals surface area contributed by atoms with Crippen LogP contribution in [-0.4, -0.2) is 18.0 Å². The Kier molecular flexibility index (Phi) is 7.43. The fourth-order valence-corrected chi connectivity index (χ4v) is 1.89. The van der Waals surface area contributed by atoms with E-state index in [0.717, 1.165) is 10.9 Å². The van der Waals surface area contributed by atoms with E-state index in [1.807, 2.05) is 25.1 Å². The van der Waals surface area contributed by atoms with Crippen molar-refractivity contribution in [3.63, 3.8) is 0 Å². The zero-order chi connectivity index (χ0) is 12.1. The van der Waals surface area contributed by atoms with Crippen LogP contribution in [0.3, 0.4) is 0 Å². The van der Waals surface area contributed by atoms with E-state index in [9.17, 15) is 4.79 Å². The van der Waals surface area contributed by atoms with Gasteiger partial charge in [0, 0.05) is 10.5 Å². The van der Waals surface area contributed by atoms with Crippen LogP contribution in [0.25, 0.3) is 0 Å². The van der Waals surface area contributed by atoms with Crippen molar-refractivity contribution < 1.29 is 4.79 Å². The quantitative estimate of drug-likeness (QED) is 0.894. The molecule has 2 atom stereocenters. The van der Waals surface area contributed by atoms with Gasteiger partial charge >= 0.3 is 0 Å². The Labute approximate surface area is 117 Å². The van der Waals surface area contributed by atoms with E-state index < -0.39 is 6.04 Å². The second kappa shape index (κ2) is 7.69. The molecule has 0 bridgehead atoms. The van der Waals surface area contributed by atoms with Gasteiger partial charge in [0.25, 0.3) is 0 Å². The van der Waals surface area contributed by atoms with Crippen LogP contribution in [0.5, 0.6) is 0 Å². The lowest BCUT2D eigenvalue weighted by Crippen LogP contribution is -2.43. The zero-order valence-electron chi connectivity index (χ0n) is 9.94. The number of halogens is 2. The smallest absolute Gasteiger partial charge is 0.236 e. The van der Waals surface area contributed by atoms with Gasteiger partial charge in [-0.05, 0) is 38.0 Å². The van der Waals surface area contributed by atoms with Crippen molar-refractivity contribution >= 4 is 34.2 Å². The second-order valence-electron chi connectivity index (χ2n) is 4.03. The summed E-state index contributed by atoms with van der Waals surface area (Å²) >= 11 is 3.42. The van der Waals surface area contributed by atoms with Crippen molar-refractivity contribution in [2.24, 2.45) is 5.73 Å². The maximum Gasteiger partial charge on any atom is 0.236 e. The van der Waals surface area contributed by atoms with E-state index >= 15 is 0 Å². The SMILES string of the molecule is CC(Cc1cccc(Br)c1)NC(=O)[C@@H](C)N.Cl. The van der Waals surface area contributed by atoms with Gasteiger partial charge < -0.3 is 11.1 Å². The number of nitrogens with two attached hydrogens (primary N) is 1. The maximum absolute atomic E-state index is 11.4. The van der Waals surface area contributed by atoms with Crippen LogP contribution in [0.15, 0.2) is 28.7 Å². The fourth-order valence-electron chi connectivity index (χ4n) is 1.44. The molecular weight excluding hydrogens is 304 g/mol. The molecule has 0 heterocycles. The minimum absolute atomic E-state index is 0. The number of carbonyl (C=O) groups excluding carboxylic acids is 1. The van der Waals surface area contributed by atoms with E-state index in [1.54, 1.807) is 6.92 Å². The molecule has 0 saturated carbocycles. The first-order valence-corrected chi connectivity index (χ1v) is 6.08. The van der Waals surface area contributed by atoms with Crippen LogP contribution in [0.1, 0.15) is 19.4 Å². The van der Waals surface area contributed by atoms with Gasteiger partial charge in [-0.1, -0.05) is 28.1 Å². The zero-order valence-corrected chi connectivity index (χ0v) is 12.3. The van der Waals surface area contributed by atoms with Crippen molar-refractivity contribution in [3.8, 4) is 0 Å². The molecule has 96 valence electrons. The highest BCUT2D eigenvalue weighted by atomic mass is 79.9. The Morgan fingerprint density at radius 2 is 2.12 bits per heavy atom. The Morgan fingerprint density at radius 3 is 2.65 bits per heavy atom. The van der Waals surface area contributed by atoms with Crippen LogP contribution in [0.4, 0.5) is 0 Å². The Balaban J connectivity index is 0.00000256. The molecule has 1 aromatic rings. The molecule has 0 radical (unpaired) electrons. The molecule has 1 rings (SSSR count). The highest BCUT2D eigenvalue weighted by Gasteiger charge is 2.11. The van der Waals surface area contributed by atoms with Gasteiger partial charge in [-0.25, -0.2) is 0 Å². The van der Waals surface area contributed by atoms with Crippen LogP contribution < -0.4 is 11.1 Å². The predicted molar refractivity (Wildman–Crippen MR) is 76.3 cm³/mol. The number of hydrogen-bond donors (Lipinski definition) is 2. The summed E-state index contributed by atoms with van der Waals surface area (Å²) in [5, 5.41) is 2.87. The third kappa shape index (κ3) is 6.05. The Morgan fingerprint density at radius 1 is 1.47 bits per heavy atom. The Hall–Kier alpha value is -0.580. The molecule has 1 unspecified atom stereocenters. The largest absolute Gasteiger partial charge is 0.352 e. The second-order valence-corrected chi connectivity index (χ2v) is 4.95. The lowest BCUT2D eigenvalue weighted by Gasteiger charge is -2.15. The topological polar surface area (TPSA) is 55.1 Å². The van der Waals surface area contributed by atoms with Gasteiger partial charge in [0.05, 0.1) is 6.04 Å². The first kappa shape index (κ1) is 16.4. The normalized spacial score (nSPS) is 13.4.